The largest absolute Gasteiger partial charge is 0.396 e. The summed E-state index contributed by atoms with van der Waals surface area (Å²) in [5, 5.41) is 10.3. The fourth-order valence-corrected chi connectivity index (χ4v) is 4.37. The van der Waals surface area contributed by atoms with E-state index in [1.807, 2.05) is 36.4 Å². The topological polar surface area (TPSA) is 45.5 Å². The Morgan fingerprint density at radius 3 is 2.56 bits per heavy atom. The molecule has 1 N–H and O–H groups in total. The van der Waals surface area contributed by atoms with Gasteiger partial charge < -0.3 is 10.0 Å². The van der Waals surface area contributed by atoms with Crippen LogP contribution in [0.4, 0.5) is 5.82 Å². The van der Waals surface area contributed by atoms with Crippen molar-refractivity contribution < 1.29 is 9.90 Å². The molecule has 27 heavy (non-hydrogen) atoms. The molecule has 0 saturated carbocycles. The van der Waals surface area contributed by atoms with Crippen LogP contribution in [0.25, 0.3) is 16.6 Å². The quantitative estimate of drug-likeness (QED) is 0.683. The minimum absolute atomic E-state index is 0.258. The first-order valence-corrected chi connectivity index (χ1v) is 9.83. The third-order valence-electron chi connectivity index (χ3n) is 5.70. The van der Waals surface area contributed by atoms with Crippen molar-refractivity contribution in [2.75, 3.05) is 24.6 Å². The maximum Gasteiger partial charge on any atom is 0.154 e. The van der Waals surface area contributed by atoms with Crippen molar-refractivity contribution in [3.8, 4) is 5.69 Å². The van der Waals surface area contributed by atoms with Gasteiger partial charge in [0.15, 0.2) is 6.29 Å². The van der Waals surface area contributed by atoms with E-state index >= 15 is 0 Å². The molecule has 1 aromatic heterocycles. The number of hydrogen-bond donors (Lipinski definition) is 1. The van der Waals surface area contributed by atoms with E-state index < -0.39 is 0 Å². The van der Waals surface area contributed by atoms with Crippen LogP contribution in [-0.2, 0) is 0 Å². The number of nitrogens with zero attached hydrogens (tertiary/aromatic N) is 2. The molecule has 1 unspecified atom stereocenters. The van der Waals surface area contributed by atoms with Crippen molar-refractivity contribution in [3.63, 3.8) is 0 Å². The first-order chi connectivity index (χ1) is 13.3. The number of hydrogen-bond acceptors (Lipinski definition) is 3. The lowest BCUT2D eigenvalue weighted by Gasteiger charge is -2.26. The Balaban J connectivity index is 1.85. The van der Waals surface area contributed by atoms with Crippen molar-refractivity contribution in [2.45, 2.75) is 25.7 Å². The fraction of sp³-hybridized carbons (Fsp3) is 0.348. The number of benzene rings is 2. The summed E-state index contributed by atoms with van der Waals surface area (Å²) in [5.41, 5.74) is 2.92. The summed E-state index contributed by atoms with van der Waals surface area (Å²) in [4.78, 5) is 14.5. The lowest BCUT2D eigenvalue weighted by Crippen LogP contribution is -2.27. The van der Waals surface area contributed by atoms with Crippen LogP contribution in [-0.4, -0.2) is 35.7 Å². The van der Waals surface area contributed by atoms with Crippen LogP contribution >= 0.6 is 0 Å². The summed E-state index contributed by atoms with van der Waals surface area (Å²) >= 11 is 0. The second-order valence-corrected chi connectivity index (χ2v) is 7.34. The summed E-state index contributed by atoms with van der Waals surface area (Å²) in [6, 6.07) is 18.4. The number of carbonyl (C=O) groups is 1. The predicted molar refractivity (Wildman–Crippen MR) is 110 cm³/mol. The van der Waals surface area contributed by atoms with Crippen LogP contribution in [0.15, 0.2) is 54.6 Å². The van der Waals surface area contributed by atoms with Gasteiger partial charge in [-0.15, -0.1) is 0 Å². The van der Waals surface area contributed by atoms with Crippen molar-refractivity contribution >= 4 is 23.0 Å². The van der Waals surface area contributed by atoms with E-state index in [2.05, 4.69) is 27.7 Å². The van der Waals surface area contributed by atoms with Crippen LogP contribution in [0, 0.1) is 5.92 Å². The maximum atomic E-state index is 12.1. The van der Waals surface area contributed by atoms with E-state index in [-0.39, 0.29) is 6.61 Å². The molecular formula is C23H26N2O2. The number of aromatic nitrogens is 1. The zero-order chi connectivity index (χ0) is 18.6. The van der Waals surface area contributed by atoms with Gasteiger partial charge in [0.05, 0.1) is 11.1 Å². The maximum absolute atomic E-state index is 12.1. The van der Waals surface area contributed by atoms with Crippen molar-refractivity contribution in [1.82, 2.24) is 4.57 Å². The Labute approximate surface area is 160 Å². The average Bonchev–Trinajstić information content (AvgIpc) is 2.87. The lowest BCUT2D eigenvalue weighted by molar-refractivity contribution is 0.112. The molecule has 2 heterocycles. The van der Waals surface area contributed by atoms with Gasteiger partial charge >= 0.3 is 0 Å². The molecule has 0 bridgehead atoms. The third-order valence-corrected chi connectivity index (χ3v) is 5.70. The van der Waals surface area contributed by atoms with Gasteiger partial charge in [-0.25, -0.2) is 0 Å². The van der Waals surface area contributed by atoms with E-state index in [1.165, 1.54) is 0 Å². The number of aliphatic hydroxyl groups is 1. The Hall–Kier alpha value is -2.59. The van der Waals surface area contributed by atoms with Gasteiger partial charge in [-0.05, 0) is 49.8 Å². The Kier molecular flexibility index (Phi) is 5.26. The number of aldehydes is 1. The fourth-order valence-electron chi connectivity index (χ4n) is 4.37. The molecule has 140 valence electrons. The van der Waals surface area contributed by atoms with Crippen molar-refractivity contribution in [1.29, 1.82) is 0 Å². The van der Waals surface area contributed by atoms with Gasteiger partial charge in [0.1, 0.15) is 5.82 Å². The van der Waals surface area contributed by atoms with Gasteiger partial charge in [0.25, 0.3) is 0 Å². The average molecular weight is 362 g/mol. The highest BCUT2D eigenvalue weighted by atomic mass is 16.3. The number of aliphatic hydroxyl groups excluding tert-OH is 1. The van der Waals surface area contributed by atoms with Crippen LogP contribution in [0.3, 0.4) is 0 Å². The summed E-state index contributed by atoms with van der Waals surface area (Å²) in [6.45, 7) is 2.11. The molecule has 1 saturated heterocycles. The Bertz CT molecular complexity index is 917. The molecule has 3 aromatic rings. The van der Waals surface area contributed by atoms with Gasteiger partial charge in [0.2, 0.25) is 0 Å². The molecule has 0 amide bonds. The number of fused-ring (bicyclic) bond motifs is 1. The standard InChI is InChI=1S/C23H26N2O2/c26-16-13-18-7-6-14-24(15-12-18)23-21(17-27)20-10-4-5-11-22(20)25(23)19-8-2-1-3-9-19/h1-5,8-11,17-18,26H,6-7,12-16H2. The van der Waals surface area contributed by atoms with Crippen LogP contribution < -0.4 is 4.90 Å². The van der Waals surface area contributed by atoms with Gasteiger partial charge in [-0.3, -0.25) is 9.36 Å². The molecule has 1 aliphatic heterocycles. The highest BCUT2D eigenvalue weighted by Gasteiger charge is 2.25. The molecule has 0 radical (unpaired) electrons. The third kappa shape index (κ3) is 3.37. The number of carbonyl (C=O) groups excluding carboxylic acids is 1. The molecule has 1 atom stereocenters. The highest BCUT2D eigenvalue weighted by molar-refractivity contribution is 6.05. The van der Waals surface area contributed by atoms with E-state index in [0.717, 1.165) is 73.0 Å². The van der Waals surface area contributed by atoms with Crippen LogP contribution in [0.2, 0.25) is 0 Å². The van der Waals surface area contributed by atoms with E-state index in [1.54, 1.807) is 0 Å². The number of para-hydroxylation sites is 2. The van der Waals surface area contributed by atoms with Crippen LogP contribution in [0.5, 0.6) is 0 Å². The predicted octanol–water partition coefficient (Wildman–Crippen LogP) is 4.43. The first-order valence-electron chi connectivity index (χ1n) is 9.83. The molecule has 4 nitrogen and oxygen atoms in total. The first kappa shape index (κ1) is 17.8. The molecule has 4 rings (SSSR count). The van der Waals surface area contributed by atoms with E-state index in [9.17, 15) is 9.90 Å². The molecule has 0 aliphatic carbocycles. The van der Waals surface area contributed by atoms with Crippen LogP contribution in [0.1, 0.15) is 36.0 Å². The molecular weight excluding hydrogens is 336 g/mol. The van der Waals surface area contributed by atoms with E-state index in [4.69, 9.17) is 0 Å². The molecule has 4 heteroatoms. The second kappa shape index (κ2) is 7.97. The number of rotatable bonds is 5. The minimum Gasteiger partial charge on any atom is -0.396 e. The summed E-state index contributed by atoms with van der Waals surface area (Å²) in [6.07, 6.45) is 5.15. The van der Waals surface area contributed by atoms with Crippen molar-refractivity contribution in [2.24, 2.45) is 5.92 Å². The second-order valence-electron chi connectivity index (χ2n) is 7.34. The zero-order valence-electron chi connectivity index (χ0n) is 15.6. The monoisotopic (exact) mass is 362 g/mol. The summed E-state index contributed by atoms with van der Waals surface area (Å²) < 4.78 is 2.23. The lowest BCUT2D eigenvalue weighted by atomic mass is 9.98. The Morgan fingerprint density at radius 1 is 1.00 bits per heavy atom. The SMILES string of the molecule is O=Cc1c(N2CCCC(CCO)CC2)n(-c2ccccc2)c2ccccc12. The van der Waals surface area contributed by atoms with Gasteiger partial charge in [0, 0.05) is 30.8 Å². The molecule has 0 spiro atoms. The highest BCUT2D eigenvalue weighted by Crippen LogP contribution is 2.36. The summed E-state index contributed by atoms with van der Waals surface area (Å²) in [5.74, 6) is 1.57. The number of anilines is 1. The Morgan fingerprint density at radius 2 is 1.78 bits per heavy atom. The summed E-state index contributed by atoms with van der Waals surface area (Å²) in [7, 11) is 0. The molecule has 2 aromatic carbocycles. The molecule has 1 aliphatic rings. The van der Waals surface area contributed by atoms with Gasteiger partial charge in [-0.2, -0.15) is 0 Å². The van der Waals surface area contributed by atoms with Gasteiger partial charge in [-0.1, -0.05) is 36.4 Å². The smallest absolute Gasteiger partial charge is 0.154 e. The molecule has 1 fully saturated rings. The van der Waals surface area contributed by atoms with Crippen molar-refractivity contribution in [3.05, 3.63) is 60.2 Å². The van der Waals surface area contributed by atoms with E-state index in [0.29, 0.717) is 5.92 Å². The zero-order valence-corrected chi connectivity index (χ0v) is 15.6. The normalized spacial score (nSPS) is 17.8. The minimum atomic E-state index is 0.258.